The molecule has 6 nitrogen and oxygen atoms in total. The van der Waals surface area contributed by atoms with Crippen molar-refractivity contribution < 1.29 is 19.1 Å². The van der Waals surface area contributed by atoms with E-state index in [1.54, 1.807) is 19.2 Å². The maximum Gasteiger partial charge on any atom is 0.252 e. The first kappa shape index (κ1) is 22.8. The molecular weight excluding hydrogens is 415 g/mol. The molecule has 0 aromatic heterocycles. The Labute approximate surface area is 180 Å². The molecule has 0 atom stereocenters. The van der Waals surface area contributed by atoms with E-state index >= 15 is 0 Å². The van der Waals surface area contributed by atoms with Crippen LogP contribution in [-0.4, -0.2) is 38.6 Å². The zero-order valence-electron chi connectivity index (χ0n) is 16.4. The van der Waals surface area contributed by atoms with E-state index in [1.165, 1.54) is 6.07 Å². The Morgan fingerprint density at radius 2 is 1.76 bits per heavy atom. The van der Waals surface area contributed by atoms with Crippen molar-refractivity contribution >= 4 is 35.0 Å². The Kier molecular flexibility index (Phi) is 9.09. The second-order valence-corrected chi connectivity index (χ2v) is 6.99. The monoisotopic (exact) mass is 438 g/mol. The number of rotatable bonds is 10. The maximum absolute atomic E-state index is 12.1. The standard InChI is InChI=1S/C21H24Cl2N2O4/c1-3-29-18-8-4-14(12-19(18)28-2)5-9-20(26)24-10-11-25-21(27)16-13-15(22)6-7-17(16)23/h4,6-8,12-13H,3,5,9-11H2,1-2H3,(H,24,26)(H,25,27). The molecule has 0 saturated carbocycles. The normalized spacial score (nSPS) is 10.3. The van der Waals surface area contributed by atoms with Crippen LogP contribution in [0, 0.1) is 0 Å². The summed E-state index contributed by atoms with van der Waals surface area (Å²) in [4.78, 5) is 24.2. The van der Waals surface area contributed by atoms with Crippen molar-refractivity contribution in [1.82, 2.24) is 10.6 Å². The van der Waals surface area contributed by atoms with Crippen LogP contribution in [-0.2, 0) is 11.2 Å². The summed E-state index contributed by atoms with van der Waals surface area (Å²) in [7, 11) is 1.58. The molecule has 0 aliphatic rings. The van der Waals surface area contributed by atoms with E-state index < -0.39 is 0 Å². The molecule has 29 heavy (non-hydrogen) atoms. The Balaban J connectivity index is 1.73. The molecule has 0 unspecified atom stereocenters. The summed E-state index contributed by atoms with van der Waals surface area (Å²) in [5, 5.41) is 6.23. The van der Waals surface area contributed by atoms with Crippen molar-refractivity contribution in [3.63, 3.8) is 0 Å². The molecule has 2 aromatic rings. The molecule has 0 spiro atoms. The highest BCUT2D eigenvalue weighted by Gasteiger charge is 2.11. The van der Waals surface area contributed by atoms with Crippen LogP contribution in [0.15, 0.2) is 36.4 Å². The SMILES string of the molecule is CCOc1ccc(CCC(=O)NCCNC(=O)c2cc(Cl)ccc2Cl)cc1OC. The number of hydrogen-bond acceptors (Lipinski definition) is 4. The van der Waals surface area contributed by atoms with Gasteiger partial charge in [-0.25, -0.2) is 0 Å². The molecule has 0 aliphatic carbocycles. The summed E-state index contributed by atoms with van der Waals surface area (Å²) < 4.78 is 10.8. The smallest absolute Gasteiger partial charge is 0.252 e. The first-order chi connectivity index (χ1) is 13.9. The van der Waals surface area contributed by atoms with Gasteiger partial charge in [0.2, 0.25) is 5.91 Å². The number of methoxy groups -OCH3 is 1. The topological polar surface area (TPSA) is 76.7 Å². The van der Waals surface area contributed by atoms with Gasteiger partial charge in [0, 0.05) is 24.5 Å². The minimum Gasteiger partial charge on any atom is -0.493 e. The maximum atomic E-state index is 12.1. The van der Waals surface area contributed by atoms with Gasteiger partial charge in [0.05, 0.1) is 24.3 Å². The lowest BCUT2D eigenvalue weighted by Gasteiger charge is -2.11. The van der Waals surface area contributed by atoms with Gasteiger partial charge in [0.25, 0.3) is 5.91 Å². The van der Waals surface area contributed by atoms with Gasteiger partial charge < -0.3 is 20.1 Å². The number of benzene rings is 2. The Hall–Kier alpha value is -2.44. The van der Waals surface area contributed by atoms with Crippen LogP contribution in [0.2, 0.25) is 10.0 Å². The van der Waals surface area contributed by atoms with Gasteiger partial charge in [-0.2, -0.15) is 0 Å². The molecule has 0 heterocycles. The highest BCUT2D eigenvalue weighted by atomic mass is 35.5. The van der Waals surface area contributed by atoms with Gasteiger partial charge >= 0.3 is 0 Å². The predicted molar refractivity (Wildman–Crippen MR) is 114 cm³/mol. The number of aryl methyl sites for hydroxylation is 1. The number of amides is 2. The lowest BCUT2D eigenvalue weighted by molar-refractivity contribution is -0.121. The van der Waals surface area contributed by atoms with Crippen LogP contribution >= 0.6 is 23.2 Å². The van der Waals surface area contributed by atoms with E-state index in [0.29, 0.717) is 53.1 Å². The van der Waals surface area contributed by atoms with Crippen LogP contribution in [0.3, 0.4) is 0 Å². The summed E-state index contributed by atoms with van der Waals surface area (Å²) in [6, 6.07) is 10.3. The summed E-state index contributed by atoms with van der Waals surface area (Å²) in [5.74, 6) is 0.881. The highest BCUT2D eigenvalue weighted by molar-refractivity contribution is 6.35. The molecule has 2 N–H and O–H groups in total. The summed E-state index contributed by atoms with van der Waals surface area (Å²) in [6.45, 7) is 3.06. The largest absolute Gasteiger partial charge is 0.493 e. The van der Waals surface area contributed by atoms with E-state index in [1.807, 2.05) is 25.1 Å². The molecule has 156 valence electrons. The zero-order valence-corrected chi connectivity index (χ0v) is 17.9. The molecule has 2 amide bonds. The van der Waals surface area contributed by atoms with Gasteiger partial charge in [0.15, 0.2) is 11.5 Å². The first-order valence-corrected chi connectivity index (χ1v) is 9.99. The lowest BCUT2D eigenvalue weighted by atomic mass is 10.1. The van der Waals surface area contributed by atoms with Crippen LogP contribution in [0.1, 0.15) is 29.3 Å². The minimum absolute atomic E-state index is 0.104. The van der Waals surface area contributed by atoms with Crippen molar-refractivity contribution in [2.45, 2.75) is 19.8 Å². The van der Waals surface area contributed by atoms with Crippen LogP contribution in [0.25, 0.3) is 0 Å². The van der Waals surface area contributed by atoms with Gasteiger partial charge in [0.1, 0.15) is 0 Å². The third-order valence-corrected chi connectivity index (χ3v) is 4.64. The van der Waals surface area contributed by atoms with Crippen molar-refractivity contribution in [1.29, 1.82) is 0 Å². The third-order valence-electron chi connectivity index (χ3n) is 4.07. The number of ether oxygens (including phenoxy) is 2. The third kappa shape index (κ3) is 7.15. The van der Waals surface area contributed by atoms with E-state index in [-0.39, 0.29) is 18.4 Å². The number of hydrogen-bond donors (Lipinski definition) is 2. The fraction of sp³-hybridized carbons (Fsp3) is 0.333. The molecular formula is C21H24Cl2N2O4. The minimum atomic E-state index is -0.340. The van der Waals surface area contributed by atoms with Crippen LogP contribution in [0.5, 0.6) is 11.5 Å². The predicted octanol–water partition coefficient (Wildman–Crippen LogP) is 3.88. The van der Waals surface area contributed by atoms with Gasteiger partial charge in [-0.1, -0.05) is 29.3 Å². The van der Waals surface area contributed by atoms with E-state index in [0.717, 1.165) is 5.56 Å². The van der Waals surface area contributed by atoms with E-state index in [4.69, 9.17) is 32.7 Å². The Morgan fingerprint density at radius 3 is 2.48 bits per heavy atom. The molecule has 0 bridgehead atoms. The molecule has 2 aromatic carbocycles. The zero-order chi connectivity index (χ0) is 21.2. The van der Waals surface area contributed by atoms with E-state index in [2.05, 4.69) is 10.6 Å². The molecule has 0 radical (unpaired) electrons. The van der Waals surface area contributed by atoms with Gasteiger partial charge in [-0.15, -0.1) is 0 Å². The molecule has 0 aliphatic heterocycles. The van der Waals surface area contributed by atoms with Gasteiger partial charge in [-0.05, 0) is 49.2 Å². The second-order valence-electron chi connectivity index (χ2n) is 6.15. The summed E-state index contributed by atoms with van der Waals surface area (Å²) >= 11 is 11.9. The Bertz CT molecular complexity index is 859. The van der Waals surface area contributed by atoms with Crippen LogP contribution in [0.4, 0.5) is 0 Å². The van der Waals surface area contributed by atoms with E-state index in [9.17, 15) is 9.59 Å². The van der Waals surface area contributed by atoms with Gasteiger partial charge in [-0.3, -0.25) is 9.59 Å². The quantitative estimate of drug-likeness (QED) is 0.551. The number of carbonyl (C=O) groups excluding carboxylic acids is 2. The van der Waals surface area contributed by atoms with Crippen molar-refractivity contribution in [3.05, 3.63) is 57.6 Å². The number of nitrogens with one attached hydrogen (secondary N) is 2. The fourth-order valence-corrected chi connectivity index (χ4v) is 3.01. The van der Waals surface area contributed by atoms with Crippen molar-refractivity contribution in [3.8, 4) is 11.5 Å². The number of carbonyl (C=O) groups is 2. The molecule has 2 rings (SSSR count). The molecule has 0 fully saturated rings. The highest BCUT2D eigenvalue weighted by Crippen LogP contribution is 2.28. The van der Waals surface area contributed by atoms with Crippen molar-refractivity contribution in [2.75, 3.05) is 26.8 Å². The summed E-state index contributed by atoms with van der Waals surface area (Å²) in [5.41, 5.74) is 1.28. The van der Waals surface area contributed by atoms with Crippen molar-refractivity contribution in [2.24, 2.45) is 0 Å². The van der Waals surface area contributed by atoms with Crippen LogP contribution < -0.4 is 20.1 Å². The average Bonchev–Trinajstić information content (AvgIpc) is 2.72. The summed E-state index contributed by atoms with van der Waals surface area (Å²) in [6.07, 6.45) is 0.893. The first-order valence-electron chi connectivity index (χ1n) is 9.24. The average molecular weight is 439 g/mol. The lowest BCUT2D eigenvalue weighted by Crippen LogP contribution is -2.34. The molecule has 0 saturated heterocycles. The number of halogens is 2. The second kappa shape index (κ2) is 11.5. The fourth-order valence-electron chi connectivity index (χ4n) is 2.63. The Morgan fingerprint density at radius 1 is 1.00 bits per heavy atom. The molecule has 8 heteroatoms.